The van der Waals surface area contributed by atoms with Crippen molar-refractivity contribution in [2.24, 2.45) is 5.73 Å². The summed E-state index contributed by atoms with van der Waals surface area (Å²) >= 11 is 1.31. The molecule has 0 aromatic carbocycles. The summed E-state index contributed by atoms with van der Waals surface area (Å²) in [6.07, 6.45) is 1.95. The van der Waals surface area contributed by atoms with Crippen LogP contribution in [0.5, 0.6) is 0 Å². The molecule has 9 nitrogen and oxygen atoms in total. The number of esters is 1. The number of ether oxygens (including phenoxy) is 1. The number of carbonyl (C=O) groups is 2. The normalized spacial score (nSPS) is 10.4. The number of amides is 1. The maximum atomic E-state index is 11.9. The molecule has 2 aromatic heterocycles. The van der Waals surface area contributed by atoms with Gasteiger partial charge in [-0.25, -0.2) is 14.5 Å². The van der Waals surface area contributed by atoms with Crippen LogP contribution in [0.25, 0.3) is 0 Å². The maximum Gasteiger partial charge on any atom is 0.360 e. The highest BCUT2D eigenvalue weighted by Gasteiger charge is 2.21. The Balaban J connectivity index is 2.13. The Hall–Kier alpha value is -2.33. The van der Waals surface area contributed by atoms with E-state index in [1.165, 1.54) is 23.1 Å². The van der Waals surface area contributed by atoms with Crippen LogP contribution in [0, 0.1) is 0 Å². The molecule has 112 valence electrons. The Labute approximate surface area is 124 Å². The number of nitrogens with one attached hydrogen (secondary N) is 1. The van der Waals surface area contributed by atoms with Crippen molar-refractivity contribution in [2.75, 3.05) is 19.0 Å². The number of carbonyl (C=O) groups excluding carboxylic acids is 2. The van der Waals surface area contributed by atoms with Gasteiger partial charge in [-0.3, -0.25) is 4.79 Å². The molecule has 0 unspecified atom stereocenters. The number of hydrogen-bond acceptors (Lipinski definition) is 8. The van der Waals surface area contributed by atoms with Gasteiger partial charge in [-0.15, -0.1) is 16.4 Å². The zero-order valence-electron chi connectivity index (χ0n) is 11.3. The van der Waals surface area contributed by atoms with E-state index < -0.39 is 5.97 Å². The van der Waals surface area contributed by atoms with Gasteiger partial charge in [0.2, 0.25) is 5.91 Å². The molecule has 0 saturated heterocycles. The molecule has 0 saturated carbocycles. The fraction of sp³-hybridized carbons (Fsp3) is 0.364. The molecule has 10 heteroatoms. The third-order valence-corrected chi connectivity index (χ3v) is 3.26. The smallest absolute Gasteiger partial charge is 0.360 e. The predicted octanol–water partition coefficient (Wildman–Crippen LogP) is -0.339. The Morgan fingerprint density at radius 3 is 2.95 bits per heavy atom. The molecule has 0 fully saturated rings. The minimum absolute atomic E-state index is 0.0741. The van der Waals surface area contributed by atoms with Crippen LogP contribution in [0.3, 0.4) is 0 Å². The van der Waals surface area contributed by atoms with Crippen molar-refractivity contribution in [3.8, 4) is 0 Å². The van der Waals surface area contributed by atoms with E-state index in [0.29, 0.717) is 23.8 Å². The molecule has 0 bridgehead atoms. The molecule has 2 rings (SSSR count). The van der Waals surface area contributed by atoms with Gasteiger partial charge in [-0.1, -0.05) is 5.21 Å². The second-order valence-corrected chi connectivity index (χ2v) is 4.85. The van der Waals surface area contributed by atoms with Gasteiger partial charge in [-0.2, -0.15) is 0 Å². The van der Waals surface area contributed by atoms with E-state index in [0.717, 1.165) is 0 Å². The highest BCUT2D eigenvalue weighted by molar-refractivity contribution is 7.13. The molecule has 0 radical (unpaired) electrons. The molecule has 0 aliphatic carbocycles. The first-order valence-electron chi connectivity index (χ1n) is 6.05. The van der Waals surface area contributed by atoms with Crippen LogP contribution in [0.2, 0.25) is 0 Å². The fourth-order valence-corrected chi connectivity index (χ4v) is 2.22. The minimum Gasteiger partial charge on any atom is -0.464 e. The van der Waals surface area contributed by atoms with Crippen LogP contribution < -0.4 is 11.1 Å². The molecule has 21 heavy (non-hydrogen) atoms. The molecule has 0 aliphatic heterocycles. The van der Waals surface area contributed by atoms with Crippen LogP contribution in [0.1, 0.15) is 16.2 Å². The van der Waals surface area contributed by atoms with E-state index in [2.05, 4.69) is 25.3 Å². The van der Waals surface area contributed by atoms with Crippen LogP contribution in [0.4, 0.5) is 5.13 Å². The number of anilines is 1. The number of nitrogens with two attached hydrogens (primary N) is 1. The number of rotatable bonds is 6. The Morgan fingerprint density at radius 1 is 1.52 bits per heavy atom. The largest absolute Gasteiger partial charge is 0.464 e. The lowest BCUT2D eigenvalue weighted by atomic mass is 10.2. The maximum absolute atomic E-state index is 11.9. The number of thiazole rings is 1. The molecule has 0 spiro atoms. The monoisotopic (exact) mass is 310 g/mol. The molecule has 0 aliphatic rings. The summed E-state index contributed by atoms with van der Waals surface area (Å²) in [7, 11) is 1.25. The minimum atomic E-state index is -0.606. The van der Waals surface area contributed by atoms with Gasteiger partial charge in [0.05, 0.1) is 12.8 Å². The van der Waals surface area contributed by atoms with Crippen molar-refractivity contribution in [3.63, 3.8) is 0 Å². The van der Waals surface area contributed by atoms with Crippen LogP contribution >= 0.6 is 11.3 Å². The quantitative estimate of drug-likeness (QED) is 0.699. The third-order valence-electron chi connectivity index (χ3n) is 2.57. The molecule has 1 amide bonds. The average molecular weight is 310 g/mol. The predicted molar refractivity (Wildman–Crippen MR) is 74.9 cm³/mol. The summed E-state index contributed by atoms with van der Waals surface area (Å²) in [5, 5.41) is 12.4. The van der Waals surface area contributed by atoms with Gasteiger partial charge in [-0.05, 0) is 6.54 Å². The SMILES string of the molecule is COC(=O)c1nnn(CC(=O)Nc2nccs2)c1CCN. The molecule has 2 aromatic rings. The summed E-state index contributed by atoms with van der Waals surface area (Å²) in [6, 6.07) is 0. The van der Waals surface area contributed by atoms with E-state index >= 15 is 0 Å². The van der Waals surface area contributed by atoms with Gasteiger partial charge < -0.3 is 15.8 Å². The van der Waals surface area contributed by atoms with Crippen molar-refractivity contribution < 1.29 is 14.3 Å². The zero-order chi connectivity index (χ0) is 15.2. The lowest BCUT2D eigenvalue weighted by Gasteiger charge is -2.06. The molecule has 0 atom stereocenters. The van der Waals surface area contributed by atoms with Crippen LogP contribution in [-0.2, 0) is 22.5 Å². The first kappa shape index (κ1) is 15.1. The van der Waals surface area contributed by atoms with Gasteiger partial charge in [0.25, 0.3) is 0 Å². The van der Waals surface area contributed by atoms with E-state index in [9.17, 15) is 9.59 Å². The van der Waals surface area contributed by atoms with Gasteiger partial charge >= 0.3 is 5.97 Å². The van der Waals surface area contributed by atoms with Crippen molar-refractivity contribution in [1.82, 2.24) is 20.0 Å². The Bertz CT molecular complexity index is 624. The molecule has 3 N–H and O–H groups in total. The van der Waals surface area contributed by atoms with E-state index in [1.54, 1.807) is 11.6 Å². The molecular formula is C11H14N6O3S. The van der Waals surface area contributed by atoms with Crippen LogP contribution in [-0.4, -0.2) is 45.5 Å². The fourth-order valence-electron chi connectivity index (χ4n) is 1.68. The summed E-state index contributed by atoms with van der Waals surface area (Å²) < 4.78 is 5.96. The van der Waals surface area contributed by atoms with E-state index in [-0.39, 0.29) is 18.1 Å². The first-order valence-corrected chi connectivity index (χ1v) is 6.93. The summed E-state index contributed by atoms with van der Waals surface area (Å²) in [5.74, 6) is -0.922. The second-order valence-electron chi connectivity index (χ2n) is 3.96. The number of nitrogens with zero attached hydrogens (tertiary/aromatic N) is 4. The van der Waals surface area contributed by atoms with E-state index in [4.69, 9.17) is 5.73 Å². The number of hydrogen-bond donors (Lipinski definition) is 2. The first-order chi connectivity index (χ1) is 10.2. The summed E-state index contributed by atoms with van der Waals surface area (Å²) in [6.45, 7) is 0.213. The standard InChI is InChI=1S/C11H14N6O3S/c1-20-10(19)9-7(2-3-12)17(16-15-9)6-8(18)14-11-13-4-5-21-11/h4-5H,2-3,6,12H2,1H3,(H,13,14,18). The zero-order valence-corrected chi connectivity index (χ0v) is 12.1. The highest BCUT2D eigenvalue weighted by atomic mass is 32.1. The van der Waals surface area contributed by atoms with Gasteiger partial charge in [0, 0.05) is 18.0 Å². The number of aromatic nitrogens is 4. The van der Waals surface area contributed by atoms with Crippen molar-refractivity contribution in [3.05, 3.63) is 23.0 Å². The summed E-state index contributed by atoms with van der Waals surface area (Å²) in [5.41, 5.74) is 6.05. The van der Waals surface area contributed by atoms with Crippen molar-refractivity contribution in [1.29, 1.82) is 0 Å². The lowest BCUT2D eigenvalue weighted by Crippen LogP contribution is -2.22. The Morgan fingerprint density at radius 2 is 2.33 bits per heavy atom. The Kier molecular flexibility index (Phi) is 4.95. The van der Waals surface area contributed by atoms with Gasteiger partial charge in [0.15, 0.2) is 10.8 Å². The summed E-state index contributed by atoms with van der Waals surface area (Å²) in [4.78, 5) is 27.4. The topological polar surface area (TPSA) is 125 Å². The van der Waals surface area contributed by atoms with Gasteiger partial charge in [0.1, 0.15) is 6.54 Å². The number of methoxy groups -OCH3 is 1. The van der Waals surface area contributed by atoms with Crippen LogP contribution in [0.15, 0.2) is 11.6 Å². The highest BCUT2D eigenvalue weighted by Crippen LogP contribution is 2.11. The molecule has 2 heterocycles. The second kappa shape index (κ2) is 6.90. The lowest BCUT2D eigenvalue weighted by molar-refractivity contribution is -0.117. The molecular weight excluding hydrogens is 296 g/mol. The van der Waals surface area contributed by atoms with Crippen molar-refractivity contribution in [2.45, 2.75) is 13.0 Å². The third kappa shape index (κ3) is 3.61. The van der Waals surface area contributed by atoms with Crippen molar-refractivity contribution >= 4 is 28.3 Å². The van der Waals surface area contributed by atoms with E-state index in [1.807, 2.05) is 0 Å². The average Bonchev–Trinajstić information content (AvgIpc) is 3.09.